The maximum Gasteiger partial charge on any atom is 0.264 e. The highest BCUT2D eigenvalue weighted by molar-refractivity contribution is 7.92. The molecular formula is C33H41N3O6S. The first-order chi connectivity index (χ1) is 20.8. The zero-order valence-corrected chi connectivity index (χ0v) is 25.9. The quantitative estimate of drug-likeness (QED) is 0.288. The summed E-state index contributed by atoms with van der Waals surface area (Å²) in [5.74, 6) is -0.0678. The predicted octanol–water partition coefficient (Wildman–Crippen LogP) is 5.16. The third kappa shape index (κ3) is 7.87. The number of anilines is 1. The van der Waals surface area contributed by atoms with Crippen LogP contribution in [0.25, 0.3) is 0 Å². The van der Waals surface area contributed by atoms with Gasteiger partial charge in [-0.05, 0) is 49.1 Å². The van der Waals surface area contributed by atoms with E-state index in [-0.39, 0.29) is 29.1 Å². The molecule has 1 fully saturated rings. The Morgan fingerprint density at radius 1 is 0.884 bits per heavy atom. The van der Waals surface area contributed by atoms with Crippen molar-refractivity contribution < 1.29 is 27.5 Å². The Labute approximate surface area is 254 Å². The van der Waals surface area contributed by atoms with E-state index < -0.39 is 28.5 Å². The van der Waals surface area contributed by atoms with E-state index in [1.807, 2.05) is 37.3 Å². The SMILES string of the molecule is CC[C@@H](C(=O)NC1CCCCC1)N(Cc1ccccc1)C(=O)CN(c1ccccc1)S(=O)(=O)c1ccc(OC)c(OC)c1. The summed E-state index contributed by atoms with van der Waals surface area (Å²) in [6, 6.07) is 21.5. The van der Waals surface area contributed by atoms with Crippen LogP contribution >= 0.6 is 0 Å². The summed E-state index contributed by atoms with van der Waals surface area (Å²) in [5, 5.41) is 3.17. The number of amides is 2. The van der Waals surface area contributed by atoms with Crippen molar-refractivity contribution in [1.29, 1.82) is 0 Å². The number of ether oxygens (including phenoxy) is 2. The second-order valence-corrected chi connectivity index (χ2v) is 12.5. The summed E-state index contributed by atoms with van der Waals surface area (Å²) in [6.07, 6.45) is 5.50. The second kappa shape index (κ2) is 14.9. The molecule has 0 aromatic heterocycles. The fourth-order valence-electron chi connectivity index (χ4n) is 5.47. The third-order valence-electron chi connectivity index (χ3n) is 7.80. The van der Waals surface area contributed by atoms with E-state index in [1.54, 1.807) is 30.3 Å². The molecule has 0 saturated heterocycles. The van der Waals surface area contributed by atoms with Crippen molar-refractivity contribution in [2.45, 2.75) is 69.0 Å². The molecule has 43 heavy (non-hydrogen) atoms. The van der Waals surface area contributed by atoms with Gasteiger partial charge in [-0.25, -0.2) is 8.42 Å². The smallest absolute Gasteiger partial charge is 0.264 e. The van der Waals surface area contributed by atoms with Crippen molar-refractivity contribution in [2.24, 2.45) is 0 Å². The van der Waals surface area contributed by atoms with Crippen LogP contribution in [0.3, 0.4) is 0 Å². The molecule has 0 unspecified atom stereocenters. The van der Waals surface area contributed by atoms with E-state index in [9.17, 15) is 18.0 Å². The van der Waals surface area contributed by atoms with Crippen LogP contribution in [0.15, 0.2) is 83.8 Å². The molecule has 1 aliphatic rings. The number of hydrogen-bond acceptors (Lipinski definition) is 6. The van der Waals surface area contributed by atoms with Crippen LogP contribution in [-0.4, -0.2) is 58.0 Å². The lowest BCUT2D eigenvalue weighted by molar-refractivity contribution is -0.140. The van der Waals surface area contributed by atoms with E-state index >= 15 is 0 Å². The number of carbonyl (C=O) groups excluding carboxylic acids is 2. The van der Waals surface area contributed by atoms with Crippen LogP contribution in [-0.2, 0) is 26.2 Å². The molecule has 0 spiro atoms. The molecule has 3 aromatic rings. The number of benzene rings is 3. The van der Waals surface area contributed by atoms with Crippen molar-refractivity contribution >= 4 is 27.5 Å². The molecule has 1 atom stereocenters. The molecule has 1 aliphatic carbocycles. The monoisotopic (exact) mass is 607 g/mol. The minimum Gasteiger partial charge on any atom is -0.493 e. The van der Waals surface area contributed by atoms with Gasteiger partial charge in [0.05, 0.1) is 24.8 Å². The molecule has 0 bridgehead atoms. The van der Waals surface area contributed by atoms with E-state index in [2.05, 4.69) is 5.32 Å². The van der Waals surface area contributed by atoms with Crippen molar-refractivity contribution in [2.75, 3.05) is 25.1 Å². The van der Waals surface area contributed by atoms with Crippen LogP contribution < -0.4 is 19.1 Å². The Balaban J connectivity index is 1.70. The summed E-state index contributed by atoms with van der Waals surface area (Å²) < 4.78 is 40.0. The van der Waals surface area contributed by atoms with Crippen molar-refractivity contribution in [3.8, 4) is 11.5 Å². The molecule has 1 N–H and O–H groups in total. The largest absolute Gasteiger partial charge is 0.493 e. The Kier molecular flexibility index (Phi) is 11.1. The number of para-hydroxylation sites is 1. The van der Waals surface area contributed by atoms with Crippen LogP contribution in [0, 0.1) is 0 Å². The summed E-state index contributed by atoms with van der Waals surface area (Å²) in [5.41, 5.74) is 1.17. The van der Waals surface area contributed by atoms with E-state index in [0.717, 1.165) is 42.0 Å². The number of hydrogen-bond donors (Lipinski definition) is 1. The number of methoxy groups -OCH3 is 2. The van der Waals surface area contributed by atoms with Crippen LogP contribution in [0.4, 0.5) is 5.69 Å². The molecule has 230 valence electrons. The number of nitrogens with zero attached hydrogens (tertiary/aromatic N) is 2. The van der Waals surface area contributed by atoms with Gasteiger partial charge < -0.3 is 19.7 Å². The number of nitrogens with one attached hydrogen (secondary N) is 1. The van der Waals surface area contributed by atoms with Crippen LogP contribution in [0.5, 0.6) is 11.5 Å². The van der Waals surface area contributed by atoms with Gasteiger partial charge in [0, 0.05) is 18.7 Å². The highest BCUT2D eigenvalue weighted by Crippen LogP contribution is 2.32. The van der Waals surface area contributed by atoms with Crippen LogP contribution in [0.2, 0.25) is 0 Å². The van der Waals surface area contributed by atoms with Gasteiger partial charge in [-0.15, -0.1) is 0 Å². The molecule has 0 aliphatic heterocycles. The highest BCUT2D eigenvalue weighted by atomic mass is 32.2. The Morgan fingerprint density at radius 2 is 1.51 bits per heavy atom. The lowest BCUT2D eigenvalue weighted by Crippen LogP contribution is -2.54. The average Bonchev–Trinajstić information content (AvgIpc) is 3.04. The molecule has 1 saturated carbocycles. The number of rotatable bonds is 13. The van der Waals surface area contributed by atoms with Gasteiger partial charge in [0.25, 0.3) is 10.0 Å². The fraction of sp³-hybridized carbons (Fsp3) is 0.394. The first-order valence-corrected chi connectivity index (χ1v) is 16.2. The molecule has 3 aromatic carbocycles. The van der Waals surface area contributed by atoms with Gasteiger partial charge in [-0.2, -0.15) is 0 Å². The van der Waals surface area contributed by atoms with Gasteiger partial charge >= 0.3 is 0 Å². The highest BCUT2D eigenvalue weighted by Gasteiger charge is 2.34. The van der Waals surface area contributed by atoms with E-state index in [4.69, 9.17) is 9.47 Å². The normalized spacial score (nSPS) is 14.4. The molecule has 4 rings (SSSR count). The molecule has 0 radical (unpaired) electrons. The third-order valence-corrected chi connectivity index (χ3v) is 9.57. The predicted molar refractivity (Wildman–Crippen MR) is 167 cm³/mol. The van der Waals surface area contributed by atoms with E-state index in [1.165, 1.54) is 37.3 Å². The van der Waals surface area contributed by atoms with Crippen molar-refractivity contribution in [3.05, 3.63) is 84.4 Å². The fourth-order valence-corrected chi connectivity index (χ4v) is 6.90. The Bertz CT molecular complexity index is 1460. The molecule has 10 heteroatoms. The molecule has 9 nitrogen and oxygen atoms in total. The first-order valence-electron chi connectivity index (χ1n) is 14.7. The van der Waals surface area contributed by atoms with Crippen molar-refractivity contribution in [1.82, 2.24) is 10.2 Å². The van der Waals surface area contributed by atoms with Crippen LogP contribution in [0.1, 0.15) is 51.0 Å². The minimum atomic E-state index is -4.24. The topological polar surface area (TPSA) is 105 Å². The van der Waals surface area contributed by atoms with Gasteiger partial charge in [0.2, 0.25) is 11.8 Å². The summed E-state index contributed by atoms with van der Waals surface area (Å²) in [6.45, 7) is 1.53. The molecule has 0 heterocycles. The Hall–Kier alpha value is -4.05. The lowest BCUT2D eigenvalue weighted by atomic mass is 9.95. The standard InChI is InChI=1S/C33H41N3O6S/c1-4-29(33(38)34-26-16-10-6-11-17-26)35(23-25-14-8-5-9-15-25)32(37)24-36(27-18-12-7-13-19-27)43(39,40)28-20-21-30(41-2)31(22-28)42-3/h5,7-9,12-15,18-22,26,29H,4,6,10-11,16-17,23-24H2,1-3H3,(H,34,38)/t29-/m0/s1. The summed E-state index contributed by atoms with van der Waals surface area (Å²) in [7, 11) is -1.34. The van der Waals surface area contributed by atoms with E-state index in [0.29, 0.717) is 17.9 Å². The van der Waals surface area contributed by atoms with Gasteiger partial charge in [-0.3, -0.25) is 13.9 Å². The average molecular weight is 608 g/mol. The summed E-state index contributed by atoms with van der Waals surface area (Å²) in [4.78, 5) is 29.3. The maximum atomic E-state index is 14.2. The molecular weight excluding hydrogens is 566 g/mol. The van der Waals surface area contributed by atoms with Gasteiger partial charge in [-0.1, -0.05) is 74.7 Å². The number of carbonyl (C=O) groups is 2. The minimum absolute atomic E-state index is 0.0569. The van der Waals surface area contributed by atoms with Gasteiger partial charge in [0.15, 0.2) is 11.5 Å². The number of sulfonamides is 1. The maximum absolute atomic E-state index is 14.2. The zero-order chi connectivity index (χ0) is 30.8. The van der Waals surface area contributed by atoms with Gasteiger partial charge in [0.1, 0.15) is 12.6 Å². The second-order valence-electron chi connectivity index (χ2n) is 10.6. The first kappa shape index (κ1) is 31.9. The lowest BCUT2D eigenvalue weighted by Gasteiger charge is -2.34. The van der Waals surface area contributed by atoms with Crippen molar-refractivity contribution in [3.63, 3.8) is 0 Å². The zero-order valence-electron chi connectivity index (χ0n) is 25.1. The Morgan fingerprint density at radius 3 is 2.12 bits per heavy atom. The summed E-state index contributed by atoms with van der Waals surface area (Å²) >= 11 is 0. The molecule has 2 amide bonds.